The number of carbonyl (C=O) groups is 1. The molecule has 0 aromatic carbocycles. The highest BCUT2D eigenvalue weighted by Gasteiger charge is 2.44. The van der Waals surface area contributed by atoms with Crippen LogP contribution in [0.1, 0.15) is 41.5 Å². The normalized spacial score (nSPS) is 26.0. The van der Waals surface area contributed by atoms with E-state index in [9.17, 15) is 4.79 Å². The first-order chi connectivity index (χ1) is 6.78. The van der Waals surface area contributed by atoms with E-state index in [4.69, 9.17) is 0 Å². The van der Waals surface area contributed by atoms with Crippen LogP contribution in [0, 0.1) is 11.8 Å². The molecule has 1 aliphatic rings. The minimum atomic E-state index is -0.0509. The topological polar surface area (TPSA) is 32.3 Å². The van der Waals surface area contributed by atoms with Gasteiger partial charge in [-0.1, -0.05) is 13.8 Å². The quantitative estimate of drug-likeness (QED) is 0.749. The van der Waals surface area contributed by atoms with Gasteiger partial charge in [-0.25, -0.2) is 4.79 Å². The molecule has 1 fully saturated rings. The standard InChI is InChI=1S/C12H24N2O/c1-8(2)10-7-13-11(15)14(9(3)4)12(10,5)6/h8-10H,7H2,1-6H3,(H,13,15). The minimum absolute atomic E-state index is 0.0509. The first-order valence-corrected chi connectivity index (χ1v) is 5.85. The molecule has 2 amide bonds. The third-order valence-corrected chi connectivity index (χ3v) is 3.54. The second-order valence-corrected chi connectivity index (χ2v) is 5.65. The van der Waals surface area contributed by atoms with Crippen molar-refractivity contribution in [2.24, 2.45) is 11.8 Å². The predicted molar refractivity (Wildman–Crippen MR) is 62.8 cm³/mol. The molecular formula is C12H24N2O. The Balaban J connectivity index is 2.98. The summed E-state index contributed by atoms with van der Waals surface area (Å²) in [5, 5.41) is 2.99. The van der Waals surface area contributed by atoms with Crippen LogP contribution in [0.25, 0.3) is 0 Å². The lowest BCUT2D eigenvalue weighted by molar-refractivity contribution is 0.0250. The van der Waals surface area contributed by atoms with E-state index in [1.807, 2.05) is 4.90 Å². The number of hydrogen-bond acceptors (Lipinski definition) is 1. The number of amides is 2. The van der Waals surface area contributed by atoms with Gasteiger partial charge in [0.1, 0.15) is 0 Å². The van der Waals surface area contributed by atoms with Crippen LogP contribution >= 0.6 is 0 Å². The van der Waals surface area contributed by atoms with Crippen LogP contribution in [0.4, 0.5) is 4.79 Å². The highest BCUT2D eigenvalue weighted by molar-refractivity contribution is 5.76. The molecule has 1 atom stereocenters. The van der Waals surface area contributed by atoms with E-state index >= 15 is 0 Å². The molecule has 0 spiro atoms. The summed E-state index contributed by atoms with van der Waals surface area (Å²) in [4.78, 5) is 13.8. The first-order valence-electron chi connectivity index (χ1n) is 5.85. The fourth-order valence-electron chi connectivity index (χ4n) is 2.92. The van der Waals surface area contributed by atoms with Crippen molar-refractivity contribution in [2.75, 3.05) is 6.54 Å². The molecule has 15 heavy (non-hydrogen) atoms. The molecule has 1 saturated heterocycles. The van der Waals surface area contributed by atoms with Crippen molar-refractivity contribution in [3.63, 3.8) is 0 Å². The highest BCUT2D eigenvalue weighted by Crippen LogP contribution is 2.34. The summed E-state index contributed by atoms with van der Waals surface area (Å²) in [6, 6.07) is 0.327. The summed E-state index contributed by atoms with van der Waals surface area (Å²) >= 11 is 0. The van der Waals surface area contributed by atoms with Crippen molar-refractivity contribution >= 4 is 6.03 Å². The molecule has 1 aliphatic heterocycles. The van der Waals surface area contributed by atoms with Crippen molar-refractivity contribution in [2.45, 2.75) is 53.1 Å². The summed E-state index contributed by atoms with van der Waals surface area (Å²) in [5.41, 5.74) is -0.0509. The van der Waals surface area contributed by atoms with Gasteiger partial charge in [-0.3, -0.25) is 0 Å². The SMILES string of the molecule is CC(C)C1CNC(=O)N(C(C)C)C1(C)C. The Hall–Kier alpha value is -0.730. The molecule has 1 unspecified atom stereocenters. The van der Waals surface area contributed by atoms with Crippen molar-refractivity contribution in [3.05, 3.63) is 0 Å². The van der Waals surface area contributed by atoms with E-state index < -0.39 is 0 Å². The average Bonchev–Trinajstić information content (AvgIpc) is 1.99. The number of carbonyl (C=O) groups excluding carboxylic acids is 1. The Bertz CT molecular complexity index is 246. The van der Waals surface area contributed by atoms with Gasteiger partial charge in [-0.2, -0.15) is 0 Å². The van der Waals surface area contributed by atoms with E-state index in [0.29, 0.717) is 11.8 Å². The van der Waals surface area contributed by atoms with E-state index in [0.717, 1.165) is 6.54 Å². The summed E-state index contributed by atoms with van der Waals surface area (Å²) in [5.74, 6) is 1.10. The van der Waals surface area contributed by atoms with Gasteiger partial charge in [0.05, 0.1) is 0 Å². The average molecular weight is 212 g/mol. The Labute approximate surface area is 93.2 Å². The third-order valence-electron chi connectivity index (χ3n) is 3.54. The van der Waals surface area contributed by atoms with E-state index in [1.54, 1.807) is 0 Å². The molecule has 1 heterocycles. The molecule has 3 heteroatoms. The Morgan fingerprint density at radius 2 is 1.87 bits per heavy atom. The number of nitrogens with zero attached hydrogens (tertiary/aromatic N) is 1. The van der Waals surface area contributed by atoms with Crippen molar-refractivity contribution in [1.29, 1.82) is 0 Å². The van der Waals surface area contributed by atoms with Crippen molar-refractivity contribution in [3.8, 4) is 0 Å². The fourth-order valence-corrected chi connectivity index (χ4v) is 2.92. The first kappa shape index (κ1) is 12.3. The maximum Gasteiger partial charge on any atom is 0.318 e. The van der Waals surface area contributed by atoms with Gasteiger partial charge in [0.25, 0.3) is 0 Å². The molecule has 1 rings (SSSR count). The van der Waals surface area contributed by atoms with Crippen molar-refractivity contribution in [1.82, 2.24) is 10.2 Å². The fraction of sp³-hybridized carbons (Fsp3) is 0.917. The maximum atomic E-state index is 11.8. The Kier molecular flexibility index (Phi) is 3.31. The van der Waals surface area contributed by atoms with E-state index in [2.05, 4.69) is 46.9 Å². The van der Waals surface area contributed by atoms with Gasteiger partial charge in [-0.15, -0.1) is 0 Å². The molecule has 0 aliphatic carbocycles. The summed E-state index contributed by atoms with van der Waals surface area (Å²) < 4.78 is 0. The molecule has 0 saturated carbocycles. The second-order valence-electron chi connectivity index (χ2n) is 5.65. The molecule has 3 nitrogen and oxygen atoms in total. The van der Waals surface area contributed by atoms with Gasteiger partial charge < -0.3 is 10.2 Å². The summed E-state index contributed by atoms with van der Waals surface area (Å²) in [6.45, 7) is 13.7. The van der Waals surface area contributed by atoms with Crippen LogP contribution in [0.2, 0.25) is 0 Å². The lowest BCUT2D eigenvalue weighted by Gasteiger charge is -2.51. The zero-order chi connectivity index (χ0) is 11.8. The molecule has 0 bridgehead atoms. The van der Waals surface area contributed by atoms with Crippen LogP contribution in [0.3, 0.4) is 0 Å². The number of hydrogen-bond donors (Lipinski definition) is 1. The summed E-state index contributed by atoms with van der Waals surface area (Å²) in [7, 11) is 0. The zero-order valence-electron chi connectivity index (χ0n) is 10.8. The monoisotopic (exact) mass is 212 g/mol. The molecule has 0 aromatic rings. The van der Waals surface area contributed by atoms with Gasteiger partial charge in [0.15, 0.2) is 0 Å². The van der Waals surface area contributed by atoms with Crippen LogP contribution in [0.5, 0.6) is 0 Å². The van der Waals surface area contributed by atoms with Crippen LogP contribution in [-0.2, 0) is 0 Å². The Morgan fingerprint density at radius 3 is 2.27 bits per heavy atom. The van der Waals surface area contributed by atoms with Crippen LogP contribution in [0.15, 0.2) is 0 Å². The van der Waals surface area contributed by atoms with Gasteiger partial charge in [-0.05, 0) is 33.6 Å². The zero-order valence-corrected chi connectivity index (χ0v) is 10.8. The molecule has 88 valence electrons. The van der Waals surface area contributed by atoms with Crippen LogP contribution in [-0.4, -0.2) is 29.1 Å². The lowest BCUT2D eigenvalue weighted by Crippen LogP contribution is -2.66. The molecule has 0 radical (unpaired) electrons. The van der Waals surface area contributed by atoms with Gasteiger partial charge >= 0.3 is 6.03 Å². The number of rotatable bonds is 2. The molecule has 1 N–H and O–H groups in total. The number of nitrogens with one attached hydrogen (secondary N) is 1. The molecule has 0 aromatic heterocycles. The van der Waals surface area contributed by atoms with Crippen LogP contribution < -0.4 is 5.32 Å². The van der Waals surface area contributed by atoms with E-state index in [1.165, 1.54) is 0 Å². The smallest absolute Gasteiger partial charge is 0.318 e. The predicted octanol–water partition coefficient (Wildman–Crippen LogP) is 2.47. The second kappa shape index (κ2) is 4.03. The molecular weight excluding hydrogens is 188 g/mol. The van der Waals surface area contributed by atoms with Gasteiger partial charge in [0.2, 0.25) is 0 Å². The number of urea groups is 1. The lowest BCUT2D eigenvalue weighted by atomic mass is 9.76. The largest absolute Gasteiger partial charge is 0.338 e. The minimum Gasteiger partial charge on any atom is -0.338 e. The van der Waals surface area contributed by atoms with Gasteiger partial charge in [0, 0.05) is 24.0 Å². The Morgan fingerprint density at radius 1 is 1.33 bits per heavy atom. The van der Waals surface area contributed by atoms with E-state index in [-0.39, 0.29) is 17.6 Å². The highest BCUT2D eigenvalue weighted by atomic mass is 16.2. The summed E-state index contributed by atoms with van der Waals surface area (Å²) in [6.07, 6.45) is 0. The maximum absolute atomic E-state index is 11.8. The third kappa shape index (κ3) is 2.11. The van der Waals surface area contributed by atoms with Crippen molar-refractivity contribution < 1.29 is 4.79 Å².